The van der Waals surface area contributed by atoms with Crippen molar-refractivity contribution in [2.75, 3.05) is 27.5 Å². The zero-order valence-corrected chi connectivity index (χ0v) is 33.4. The van der Waals surface area contributed by atoms with Gasteiger partial charge in [0.2, 0.25) is 0 Å². The van der Waals surface area contributed by atoms with Crippen LogP contribution in [-0.4, -0.2) is 87.6 Å². The van der Waals surface area contributed by atoms with Crippen molar-refractivity contribution >= 4 is 0 Å². The van der Waals surface area contributed by atoms with Gasteiger partial charge in [-0.05, 0) is 36.5 Å². The number of ether oxygens (including phenoxy) is 7. The normalized spacial score (nSPS) is 46.8. The van der Waals surface area contributed by atoms with Crippen molar-refractivity contribution < 1.29 is 71.0 Å². The zero-order chi connectivity index (χ0) is 32.9. The molecule has 4 heterocycles. The molecule has 4 saturated heterocycles. The van der Waals surface area contributed by atoms with E-state index in [1.165, 1.54) is 0 Å². The molecule has 6 unspecified atom stereocenters. The largest absolute Gasteiger partial charge is 0.668 e. The van der Waals surface area contributed by atoms with Crippen molar-refractivity contribution in [3.63, 3.8) is 0 Å². The first-order chi connectivity index (χ1) is 20.7. The Labute approximate surface area is 300 Å². The molecule has 17 atom stereocenters. The van der Waals surface area contributed by atoms with Gasteiger partial charge in [-0.2, -0.15) is 14.1 Å². The summed E-state index contributed by atoms with van der Waals surface area (Å²) in [5.41, 5.74) is 0. The van der Waals surface area contributed by atoms with Gasteiger partial charge in [0.25, 0.3) is 0 Å². The molecule has 9 nitrogen and oxygen atoms in total. The summed E-state index contributed by atoms with van der Waals surface area (Å²) in [6.45, 7) is 24.9. The van der Waals surface area contributed by atoms with Gasteiger partial charge in [0.05, 0.1) is 31.0 Å². The van der Waals surface area contributed by atoms with Crippen molar-refractivity contribution in [1.82, 2.24) is 0 Å². The molecule has 45 heavy (non-hydrogen) atoms. The summed E-state index contributed by atoms with van der Waals surface area (Å²) in [6, 6.07) is 0. The Kier molecular flexibility index (Phi) is 17.4. The van der Waals surface area contributed by atoms with E-state index in [2.05, 4.69) is 74.6 Å². The number of rotatable bonds is 9. The molecule has 0 aromatic rings. The maximum atomic E-state index is 10.9. The molecule has 0 bridgehead atoms. The maximum Gasteiger partial charge on any atom is 0.163 e. The fourth-order valence-corrected chi connectivity index (χ4v) is 7.77. The van der Waals surface area contributed by atoms with Gasteiger partial charge in [0.1, 0.15) is 19.0 Å². The van der Waals surface area contributed by atoms with Gasteiger partial charge in [0.15, 0.2) is 18.4 Å². The van der Waals surface area contributed by atoms with Crippen LogP contribution >= 0.6 is 0 Å². The van der Waals surface area contributed by atoms with Crippen molar-refractivity contribution in [3.8, 4) is 0 Å². The van der Waals surface area contributed by atoms with Crippen LogP contribution in [0.25, 0.3) is 5.32 Å². The van der Waals surface area contributed by atoms with E-state index >= 15 is 0 Å². The van der Waals surface area contributed by atoms with E-state index in [0.29, 0.717) is 36.7 Å². The molecule has 1 radical (unpaired) electrons. The van der Waals surface area contributed by atoms with Crippen molar-refractivity contribution in [3.05, 3.63) is 5.32 Å². The molecule has 0 aromatic carbocycles. The Bertz CT molecular complexity index is 846. The minimum absolute atomic E-state index is 0. The van der Waals surface area contributed by atoms with Crippen LogP contribution < -0.4 is 0 Å². The fraction of sp³-hybridized carbons (Fsp3) is 1.00. The molecule has 0 aliphatic carbocycles. The van der Waals surface area contributed by atoms with E-state index < -0.39 is 18.2 Å². The zero-order valence-electron chi connectivity index (χ0n) is 30.6. The van der Waals surface area contributed by atoms with E-state index in [1.807, 2.05) is 0 Å². The van der Waals surface area contributed by atoms with Crippen molar-refractivity contribution in [1.29, 1.82) is 0 Å². The van der Waals surface area contributed by atoms with Gasteiger partial charge in [0, 0.05) is 56.9 Å². The molecule has 0 amide bonds. The standard InChI is InChI=1S/C33H60O8.C2H6N.Y/c1-12-17(3)26-21(7)20(6)22(8)31(37-26)40-29-23(9)27(18(4)13-2)38-32(24(29)10)39-28-19(5)14-33(11,34)41-30(28)25-15-35-16-36-25;1-3-2;/h17-32,34H,12-16H2,1-11H3;1-2H3;/q;-1;/t17-,18-,19+,20?,21-,22?,23+,24?,25+,26?,27?,28+,29-,30?,31+,32+,33-;;/m0../s1. The third kappa shape index (κ3) is 10.2. The summed E-state index contributed by atoms with van der Waals surface area (Å²) in [5, 5.41) is 14.4. The van der Waals surface area contributed by atoms with Gasteiger partial charge < -0.3 is 43.6 Å². The second kappa shape index (κ2) is 18.7. The summed E-state index contributed by atoms with van der Waals surface area (Å²) >= 11 is 0. The van der Waals surface area contributed by atoms with Crippen LogP contribution in [0.4, 0.5) is 0 Å². The smallest absolute Gasteiger partial charge is 0.163 e. The molecule has 4 rings (SSSR count). The predicted octanol–water partition coefficient (Wildman–Crippen LogP) is 6.60. The van der Waals surface area contributed by atoms with Crippen molar-refractivity contribution in [2.24, 2.45) is 47.3 Å². The molecule has 4 fully saturated rings. The molecule has 0 saturated carbocycles. The number of nitrogens with zero attached hydrogens (tertiary/aromatic N) is 1. The van der Waals surface area contributed by atoms with Gasteiger partial charge >= 0.3 is 0 Å². The minimum atomic E-state index is -1.25. The predicted molar refractivity (Wildman–Crippen MR) is 172 cm³/mol. The fourth-order valence-electron chi connectivity index (χ4n) is 7.77. The molecule has 4 aliphatic rings. The van der Waals surface area contributed by atoms with Crippen molar-refractivity contribution in [2.45, 2.75) is 150 Å². The maximum absolute atomic E-state index is 10.9. The first-order valence-electron chi connectivity index (χ1n) is 17.4. The third-order valence-electron chi connectivity index (χ3n) is 11.2. The second-order valence-electron chi connectivity index (χ2n) is 14.8. The van der Waals surface area contributed by atoms with E-state index in [9.17, 15) is 5.11 Å². The van der Waals surface area contributed by atoms with Crippen LogP contribution in [0, 0.1) is 47.3 Å². The van der Waals surface area contributed by atoms with Gasteiger partial charge in [-0.1, -0.05) is 82.1 Å². The summed E-state index contributed by atoms with van der Waals surface area (Å²) in [5.74, 6) is 1.01. The summed E-state index contributed by atoms with van der Waals surface area (Å²) < 4.78 is 45.1. The first kappa shape index (κ1) is 41.9. The number of hydrogen-bond acceptors (Lipinski definition) is 8. The number of hydrogen-bond donors (Lipinski definition) is 1. The Morgan fingerprint density at radius 2 is 1.31 bits per heavy atom. The van der Waals surface area contributed by atoms with Crippen LogP contribution in [-0.2, 0) is 65.9 Å². The molecule has 0 spiro atoms. The van der Waals surface area contributed by atoms with Gasteiger partial charge in [-0.3, -0.25) is 0 Å². The van der Waals surface area contributed by atoms with E-state index in [-0.39, 0.29) is 100.0 Å². The van der Waals surface area contributed by atoms with E-state index in [0.717, 1.165) is 12.8 Å². The molecule has 10 heteroatoms. The van der Waals surface area contributed by atoms with Gasteiger partial charge in [-0.25, -0.2) is 0 Å². The van der Waals surface area contributed by atoms with Gasteiger partial charge in [-0.15, -0.1) is 0 Å². The molecular formula is C35H66NO8Y-. The summed E-state index contributed by atoms with van der Waals surface area (Å²) in [6.07, 6.45) is 0.794. The Morgan fingerprint density at radius 1 is 0.800 bits per heavy atom. The molecule has 4 aliphatic heterocycles. The van der Waals surface area contributed by atoms with E-state index in [1.54, 1.807) is 21.0 Å². The molecule has 0 aromatic heterocycles. The molecular weight excluding hydrogens is 651 g/mol. The Morgan fingerprint density at radius 3 is 1.82 bits per heavy atom. The summed E-state index contributed by atoms with van der Waals surface area (Å²) in [4.78, 5) is 0. The minimum Gasteiger partial charge on any atom is -0.668 e. The Balaban J connectivity index is 0.00000169. The monoisotopic (exact) mass is 717 g/mol. The molecule has 263 valence electrons. The quantitative estimate of drug-likeness (QED) is 0.285. The Hall–Kier alpha value is 0.744. The van der Waals surface area contributed by atoms with Crippen LogP contribution in [0.15, 0.2) is 0 Å². The van der Waals surface area contributed by atoms with Crippen LogP contribution in [0.1, 0.15) is 95.4 Å². The molecule has 1 N–H and O–H groups in total. The van der Waals surface area contributed by atoms with Crippen LogP contribution in [0.3, 0.4) is 0 Å². The third-order valence-corrected chi connectivity index (χ3v) is 11.2. The summed E-state index contributed by atoms with van der Waals surface area (Å²) in [7, 11) is 3.50. The van der Waals surface area contributed by atoms with E-state index in [4.69, 9.17) is 33.2 Å². The van der Waals surface area contributed by atoms with Crippen LogP contribution in [0.5, 0.6) is 0 Å². The average Bonchev–Trinajstić information content (AvgIpc) is 3.52. The average molecular weight is 718 g/mol. The second-order valence-corrected chi connectivity index (χ2v) is 14.8. The number of aliphatic hydroxyl groups is 1. The van der Waals surface area contributed by atoms with Crippen LogP contribution in [0.2, 0.25) is 0 Å². The first-order valence-corrected chi connectivity index (χ1v) is 17.4. The SMILES string of the molecule is CC[C@H](C)C1O[C@H](O[C@@H]2C(C)[C@@H](O[C@H]3C([C@H]4COCO4)O[C@](C)(O)C[C@H]3C)OC([C@@H](C)CC)[C@H]2C)C(C)C(C)[C@@H]1C.C[N-]C.[Y]. The topological polar surface area (TPSA) is 98.9 Å².